The quantitative estimate of drug-likeness (QED) is 0.613. The van der Waals surface area contributed by atoms with E-state index in [1.807, 2.05) is 0 Å². The number of ether oxygens (including phenoxy) is 1. The summed E-state index contributed by atoms with van der Waals surface area (Å²) in [4.78, 5) is 0. The predicted octanol–water partition coefficient (Wildman–Crippen LogP) is 3.80. The fourth-order valence-corrected chi connectivity index (χ4v) is 2.00. The molecule has 0 aliphatic heterocycles. The minimum atomic E-state index is 0.579. The predicted molar refractivity (Wildman–Crippen MR) is 82.6 cm³/mol. The molecule has 1 rings (SSSR count). The summed E-state index contributed by atoms with van der Waals surface area (Å²) in [5.41, 5.74) is 1.43. The van der Waals surface area contributed by atoms with Gasteiger partial charge in [-0.15, -0.1) is 0 Å². The summed E-state index contributed by atoms with van der Waals surface area (Å²) in [6.07, 6.45) is 5.86. The Balaban J connectivity index is 1.95. The average Bonchev–Trinajstić information content (AvgIpc) is 2.45. The zero-order chi connectivity index (χ0) is 13.8. The number of nitrogens with one attached hydrogen (secondary N) is 1. The summed E-state index contributed by atoms with van der Waals surface area (Å²) in [5.74, 6) is 0. The Kier molecular flexibility index (Phi) is 9.38. The van der Waals surface area contributed by atoms with Gasteiger partial charge < -0.3 is 10.1 Å². The van der Waals surface area contributed by atoms with Gasteiger partial charge in [0.2, 0.25) is 0 Å². The van der Waals surface area contributed by atoms with E-state index in [0.29, 0.717) is 6.04 Å². The molecule has 0 spiro atoms. The van der Waals surface area contributed by atoms with Crippen LogP contribution in [0.15, 0.2) is 30.3 Å². The van der Waals surface area contributed by atoms with Crippen molar-refractivity contribution in [3.8, 4) is 0 Å². The average molecular weight is 263 g/mol. The lowest BCUT2D eigenvalue weighted by Crippen LogP contribution is -2.28. The second kappa shape index (κ2) is 11.0. The lowest BCUT2D eigenvalue weighted by molar-refractivity contribution is 0.128. The highest BCUT2D eigenvalue weighted by atomic mass is 16.5. The van der Waals surface area contributed by atoms with Gasteiger partial charge >= 0.3 is 0 Å². The van der Waals surface area contributed by atoms with Crippen molar-refractivity contribution >= 4 is 0 Å². The standard InChI is InChI=1S/C17H29NO/c1-3-4-14-19-15-8-13-18-16(2)11-12-17-9-6-5-7-10-17/h5-7,9-10,16,18H,3-4,8,11-15H2,1-2H3. The van der Waals surface area contributed by atoms with Crippen LogP contribution in [0.3, 0.4) is 0 Å². The number of hydrogen-bond acceptors (Lipinski definition) is 2. The molecule has 1 unspecified atom stereocenters. The minimum absolute atomic E-state index is 0.579. The van der Waals surface area contributed by atoms with E-state index in [1.54, 1.807) is 0 Å². The first-order valence-corrected chi connectivity index (χ1v) is 7.68. The summed E-state index contributed by atoms with van der Waals surface area (Å²) in [6.45, 7) is 7.32. The SMILES string of the molecule is CCCCOCCCNC(C)CCc1ccccc1. The van der Waals surface area contributed by atoms with Crippen molar-refractivity contribution in [1.82, 2.24) is 5.32 Å². The molecule has 1 aromatic rings. The Bertz CT molecular complexity index is 299. The van der Waals surface area contributed by atoms with E-state index in [2.05, 4.69) is 49.5 Å². The maximum atomic E-state index is 5.55. The van der Waals surface area contributed by atoms with Crippen molar-refractivity contribution in [2.45, 2.75) is 52.0 Å². The van der Waals surface area contributed by atoms with Gasteiger partial charge in [0, 0.05) is 19.3 Å². The van der Waals surface area contributed by atoms with Crippen LogP contribution in [-0.4, -0.2) is 25.8 Å². The van der Waals surface area contributed by atoms with Gasteiger partial charge in [-0.05, 0) is 44.7 Å². The molecule has 0 heterocycles. The number of rotatable bonds is 11. The van der Waals surface area contributed by atoms with Crippen LogP contribution in [0.5, 0.6) is 0 Å². The third-order valence-electron chi connectivity index (χ3n) is 3.31. The molecule has 0 radical (unpaired) electrons. The topological polar surface area (TPSA) is 21.3 Å². The molecule has 0 saturated carbocycles. The maximum absolute atomic E-state index is 5.55. The second-order valence-electron chi connectivity index (χ2n) is 5.20. The number of benzene rings is 1. The van der Waals surface area contributed by atoms with E-state index in [0.717, 1.165) is 32.6 Å². The Labute approximate surface area is 118 Å². The molecule has 2 heteroatoms. The maximum Gasteiger partial charge on any atom is 0.0478 e. The zero-order valence-corrected chi connectivity index (χ0v) is 12.5. The summed E-state index contributed by atoms with van der Waals surface area (Å²) in [7, 11) is 0. The third-order valence-corrected chi connectivity index (χ3v) is 3.31. The lowest BCUT2D eigenvalue weighted by atomic mass is 10.1. The molecule has 0 aliphatic carbocycles. The summed E-state index contributed by atoms with van der Waals surface area (Å²) in [5, 5.41) is 3.56. The summed E-state index contributed by atoms with van der Waals surface area (Å²) in [6, 6.07) is 11.3. The lowest BCUT2D eigenvalue weighted by Gasteiger charge is -2.13. The first kappa shape index (κ1) is 16.2. The molecule has 0 bridgehead atoms. The second-order valence-corrected chi connectivity index (χ2v) is 5.20. The molecule has 0 saturated heterocycles. The van der Waals surface area contributed by atoms with Crippen molar-refractivity contribution in [3.63, 3.8) is 0 Å². The summed E-state index contributed by atoms with van der Waals surface area (Å²) >= 11 is 0. The van der Waals surface area contributed by atoms with Gasteiger partial charge in [-0.3, -0.25) is 0 Å². The fourth-order valence-electron chi connectivity index (χ4n) is 2.00. The zero-order valence-electron chi connectivity index (χ0n) is 12.5. The van der Waals surface area contributed by atoms with Gasteiger partial charge in [0.1, 0.15) is 0 Å². The minimum Gasteiger partial charge on any atom is -0.381 e. The number of hydrogen-bond donors (Lipinski definition) is 1. The molecule has 0 aromatic heterocycles. The van der Waals surface area contributed by atoms with Gasteiger partial charge in [0.05, 0.1) is 0 Å². The summed E-state index contributed by atoms with van der Waals surface area (Å²) < 4.78 is 5.55. The highest BCUT2D eigenvalue weighted by Crippen LogP contribution is 2.04. The van der Waals surface area contributed by atoms with E-state index < -0.39 is 0 Å². The van der Waals surface area contributed by atoms with Crippen LogP contribution >= 0.6 is 0 Å². The van der Waals surface area contributed by atoms with E-state index in [9.17, 15) is 0 Å². The van der Waals surface area contributed by atoms with Crippen LogP contribution in [0.2, 0.25) is 0 Å². The van der Waals surface area contributed by atoms with E-state index in [4.69, 9.17) is 4.74 Å². The fraction of sp³-hybridized carbons (Fsp3) is 0.647. The molecule has 1 atom stereocenters. The Morgan fingerprint density at radius 1 is 1.11 bits per heavy atom. The Hall–Kier alpha value is -0.860. The smallest absolute Gasteiger partial charge is 0.0478 e. The van der Waals surface area contributed by atoms with Crippen molar-refractivity contribution < 1.29 is 4.74 Å². The van der Waals surface area contributed by atoms with Gasteiger partial charge in [-0.2, -0.15) is 0 Å². The van der Waals surface area contributed by atoms with E-state index >= 15 is 0 Å². The van der Waals surface area contributed by atoms with Crippen molar-refractivity contribution in [3.05, 3.63) is 35.9 Å². The molecule has 0 amide bonds. The molecule has 108 valence electrons. The number of aryl methyl sites for hydroxylation is 1. The molecule has 0 fully saturated rings. The molecule has 0 aliphatic rings. The van der Waals surface area contributed by atoms with Crippen LogP contribution in [0.4, 0.5) is 0 Å². The van der Waals surface area contributed by atoms with Gasteiger partial charge in [0.25, 0.3) is 0 Å². The van der Waals surface area contributed by atoms with Crippen molar-refractivity contribution in [2.75, 3.05) is 19.8 Å². The van der Waals surface area contributed by atoms with Crippen molar-refractivity contribution in [2.24, 2.45) is 0 Å². The van der Waals surface area contributed by atoms with Gasteiger partial charge in [-0.25, -0.2) is 0 Å². The van der Waals surface area contributed by atoms with Gasteiger partial charge in [0.15, 0.2) is 0 Å². The normalized spacial score (nSPS) is 12.5. The molecule has 1 N–H and O–H groups in total. The van der Waals surface area contributed by atoms with Gasteiger partial charge in [-0.1, -0.05) is 43.7 Å². The van der Waals surface area contributed by atoms with Crippen LogP contribution in [0.1, 0.15) is 45.1 Å². The van der Waals surface area contributed by atoms with Crippen LogP contribution in [0, 0.1) is 0 Å². The molecular weight excluding hydrogens is 234 g/mol. The monoisotopic (exact) mass is 263 g/mol. The Morgan fingerprint density at radius 2 is 1.84 bits per heavy atom. The highest BCUT2D eigenvalue weighted by molar-refractivity contribution is 5.14. The molecule has 19 heavy (non-hydrogen) atoms. The van der Waals surface area contributed by atoms with E-state index in [1.165, 1.54) is 24.8 Å². The first-order chi connectivity index (χ1) is 9.33. The molecular formula is C17H29NO. The van der Waals surface area contributed by atoms with Crippen LogP contribution < -0.4 is 5.32 Å². The first-order valence-electron chi connectivity index (χ1n) is 7.68. The third kappa shape index (κ3) is 8.79. The van der Waals surface area contributed by atoms with Crippen LogP contribution in [-0.2, 0) is 11.2 Å². The number of unbranched alkanes of at least 4 members (excludes halogenated alkanes) is 1. The van der Waals surface area contributed by atoms with Crippen molar-refractivity contribution in [1.29, 1.82) is 0 Å². The van der Waals surface area contributed by atoms with E-state index in [-0.39, 0.29) is 0 Å². The largest absolute Gasteiger partial charge is 0.381 e. The molecule has 1 aromatic carbocycles. The highest BCUT2D eigenvalue weighted by Gasteiger charge is 2.01. The Morgan fingerprint density at radius 3 is 2.58 bits per heavy atom. The van der Waals surface area contributed by atoms with Crippen LogP contribution in [0.25, 0.3) is 0 Å². The molecule has 2 nitrogen and oxygen atoms in total.